The molecular weight excluding hydrogens is 344 g/mol. The topological polar surface area (TPSA) is 55.8 Å². The Morgan fingerprint density at radius 1 is 1.35 bits per heavy atom. The predicted octanol–water partition coefficient (Wildman–Crippen LogP) is 2.86. The van der Waals surface area contributed by atoms with E-state index in [0.717, 1.165) is 0 Å². The Bertz CT molecular complexity index is 627. The average molecular weight is 369 g/mol. The van der Waals surface area contributed by atoms with Gasteiger partial charge in [-0.15, -0.1) is 0 Å². The largest absolute Gasteiger partial charge is 0.347 e. The van der Waals surface area contributed by atoms with E-state index in [4.69, 9.17) is 9.47 Å². The van der Waals surface area contributed by atoms with Crippen molar-refractivity contribution in [3.05, 3.63) is 23.8 Å². The molecule has 7 heteroatoms. The standard InChI is InChI=1S/C19H25F2NO4/c1-13-3-4-15(11-16(13)23)14(2)12-19(20,21)17(24)22-7-5-18(6-8-22)25-9-10-26-18/h3,15H,2,4-12H2,1H3. The number of nitrogens with zero attached hydrogens (tertiary/aromatic N) is 1. The summed E-state index contributed by atoms with van der Waals surface area (Å²) in [4.78, 5) is 25.3. The van der Waals surface area contributed by atoms with Crippen molar-refractivity contribution < 1.29 is 27.8 Å². The molecule has 2 saturated heterocycles. The van der Waals surface area contributed by atoms with Crippen molar-refractivity contribution in [1.29, 1.82) is 0 Å². The van der Waals surface area contributed by atoms with E-state index in [2.05, 4.69) is 6.58 Å². The van der Waals surface area contributed by atoms with Crippen LogP contribution in [0.3, 0.4) is 0 Å². The van der Waals surface area contributed by atoms with Crippen LogP contribution in [0.15, 0.2) is 23.8 Å². The fourth-order valence-electron chi connectivity index (χ4n) is 3.78. The second-order valence-electron chi connectivity index (χ2n) is 7.39. The van der Waals surface area contributed by atoms with E-state index in [9.17, 15) is 18.4 Å². The van der Waals surface area contributed by atoms with Gasteiger partial charge in [0.25, 0.3) is 5.91 Å². The first-order chi connectivity index (χ1) is 12.2. The smallest absolute Gasteiger partial charge is 0.328 e. The van der Waals surface area contributed by atoms with Crippen molar-refractivity contribution in [2.75, 3.05) is 26.3 Å². The quantitative estimate of drug-likeness (QED) is 0.715. The molecule has 2 fully saturated rings. The Morgan fingerprint density at radius 2 is 1.96 bits per heavy atom. The van der Waals surface area contributed by atoms with Crippen LogP contribution in [0.2, 0.25) is 0 Å². The van der Waals surface area contributed by atoms with Crippen LogP contribution in [0.1, 0.15) is 39.0 Å². The highest BCUT2D eigenvalue weighted by molar-refractivity contribution is 5.95. The minimum absolute atomic E-state index is 0.0464. The van der Waals surface area contributed by atoms with Gasteiger partial charge in [-0.05, 0) is 24.8 Å². The number of ketones is 1. The zero-order valence-corrected chi connectivity index (χ0v) is 15.1. The molecule has 144 valence electrons. The lowest BCUT2D eigenvalue weighted by atomic mass is 9.82. The van der Waals surface area contributed by atoms with Crippen LogP contribution in [-0.2, 0) is 19.1 Å². The number of halogens is 2. The van der Waals surface area contributed by atoms with Gasteiger partial charge in [0.05, 0.1) is 13.2 Å². The average Bonchev–Trinajstić information content (AvgIpc) is 3.05. The van der Waals surface area contributed by atoms with E-state index in [1.807, 2.05) is 0 Å². The van der Waals surface area contributed by atoms with Gasteiger partial charge in [-0.1, -0.05) is 18.2 Å². The molecular formula is C19H25F2NO4. The van der Waals surface area contributed by atoms with E-state index < -0.39 is 24.0 Å². The Morgan fingerprint density at radius 3 is 2.54 bits per heavy atom. The number of alkyl halides is 2. The SMILES string of the molecule is C=C(CC(F)(F)C(=O)N1CCC2(CC1)OCCO2)C1CC=C(C)C(=O)C1. The lowest BCUT2D eigenvalue weighted by Crippen LogP contribution is -2.52. The van der Waals surface area contributed by atoms with Crippen molar-refractivity contribution in [2.45, 2.75) is 50.7 Å². The van der Waals surface area contributed by atoms with Gasteiger partial charge in [0.2, 0.25) is 0 Å². The summed E-state index contributed by atoms with van der Waals surface area (Å²) in [7, 11) is 0. The number of carbonyl (C=O) groups is 2. The number of rotatable bonds is 4. The van der Waals surface area contributed by atoms with Crippen LogP contribution < -0.4 is 0 Å². The molecule has 1 unspecified atom stereocenters. The van der Waals surface area contributed by atoms with Crippen LogP contribution in [0, 0.1) is 5.92 Å². The third kappa shape index (κ3) is 3.88. The third-order valence-electron chi connectivity index (χ3n) is 5.55. The van der Waals surface area contributed by atoms with Gasteiger partial charge in [0.1, 0.15) is 0 Å². The summed E-state index contributed by atoms with van der Waals surface area (Å²) < 4.78 is 40.2. The zero-order valence-electron chi connectivity index (χ0n) is 15.1. The van der Waals surface area contributed by atoms with Crippen molar-refractivity contribution >= 4 is 11.7 Å². The Balaban J connectivity index is 1.56. The van der Waals surface area contributed by atoms with Crippen LogP contribution in [0.5, 0.6) is 0 Å². The molecule has 1 spiro atoms. The first-order valence-corrected chi connectivity index (χ1v) is 9.05. The molecule has 3 aliphatic rings. The van der Waals surface area contributed by atoms with E-state index >= 15 is 0 Å². The van der Waals surface area contributed by atoms with Crippen LogP contribution in [0.4, 0.5) is 8.78 Å². The lowest BCUT2D eigenvalue weighted by molar-refractivity contribution is -0.194. The number of amides is 1. The van der Waals surface area contributed by atoms with Gasteiger partial charge in [-0.2, -0.15) is 8.78 Å². The molecule has 1 amide bonds. The number of allylic oxidation sites excluding steroid dienone is 3. The fourth-order valence-corrected chi connectivity index (χ4v) is 3.78. The number of hydrogen-bond donors (Lipinski definition) is 0. The molecule has 0 bridgehead atoms. The summed E-state index contributed by atoms with van der Waals surface area (Å²) in [6.45, 7) is 6.83. The Hall–Kier alpha value is -1.60. The molecule has 0 radical (unpaired) electrons. The molecule has 0 aromatic heterocycles. The number of hydrogen-bond acceptors (Lipinski definition) is 4. The molecule has 2 aliphatic heterocycles. The summed E-state index contributed by atoms with van der Waals surface area (Å²) in [5, 5.41) is 0. The van der Waals surface area contributed by atoms with Gasteiger partial charge in [0.15, 0.2) is 11.6 Å². The lowest BCUT2D eigenvalue weighted by Gasteiger charge is -2.38. The van der Waals surface area contributed by atoms with Crippen molar-refractivity contribution in [1.82, 2.24) is 4.90 Å². The highest BCUT2D eigenvalue weighted by Crippen LogP contribution is 2.36. The Labute approximate surface area is 152 Å². The minimum atomic E-state index is -3.52. The number of carbonyl (C=O) groups excluding carboxylic acids is 2. The maximum absolute atomic E-state index is 14.5. The molecule has 0 aromatic rings. The van der Waals surface area contributed by atoms with Gasteiger partial charge >= 0.3 is 5.92 Å². The molecule has 5 nitrogen and oxygen atoms in total. The summed E-state index contributed by atoms with van der Waals surface area (Å²) >= 11 is 0. The normalized spacial score (nSPS) is 26.1. The minimum Gasteiger partial charge on any atom is -0.347 e. The molecule has 0 N–H and O–H groups in total. The highest BCUT2D eigenvalue weighted by Gasteiger charge is 2.47. The van der Waals surface area contributed by atoms with Crippen LogP contribution >= 0.6 is 0 Å². The fraction of sp³-hybridized carbons (Fsp3) is 0.684. The van der Waals surface area contributed by atoms with Crippen molar-refractivity contribution in [3.8, 4) is 0 Å². The molecule has 3 rings (SSSR count). The zero-order chi connectivity index (χ0) is 18.9. The van der Waals surface area contributed by atoms with E-state index in [1.54, 1.807) is 13.0 Å². The number of likely N-dealkylation sites (tertiary alicyclic amines) is 1. The maximum atomic E-state index is 14.5. The molecule has 2 heterocycles. The van der Waals surface area contributed by atoms with Gasteiger partial charge in [0, 0.05) is 38.8 Å². The van der Waals surface area contributed by atoms with Gasteiger partial charge < -0.3 is 14.4 Å². The molecule has 26 heavy (non-hydrogen) atoms. The van der Waals surface area contributed by atoms with E-state index in [-0.39, 0.29) is 36.8 Å². The van der Waals surface area contributed by atoms with Crippen LogP contribution in [-0.4, -0.2) is 54.6 Å². The monoisotopic (exact) mass is 369 g/mol. The molecule has 1 atom stereocenters. The number of piperidine rings is 1. The summed E-state index contributed by atoms with van der Waals surface area (Å²) in [5.41, 5.74) is 0.923. The summed E-state index contributed by atoms with van der Waals surface area (Å²) in [5.74, 6) is -5.77. The summed E-state index contributed by atoms with van der Waals surface area (Å²) in [6, 6.07) is 0. The second kappa shape index (κ2) is 7.19. The van der Waals surface area contributed by atoms with Crippen LogP contribution in [0.25, 0.3) is 0 Å². The first-order valence-electron chi connectivity index (χ1n) is 9.05. The maximum Gasteiger partial charge on any atom is 0.328 e. The second-order valence-corrected chi connectivity index (χ2v) is 7.39. The van der Waals surface area contributed by atoms with Gasteiger partial charge in [-0.25, -0.2) is 0 Å². The summed E-state index contributed by atoms with van der Waals surface area (Å²) in [6.07, 6.45) is 2.54. The predicted molar refractivity (Wildman–Crippen MR) is 90.6 cm³/mol. The molecule has 0 aromatic carbocycles. The Kier molecular flexibility index (Phi) is 5.30. The number of Topliss-reactive ketones (excluding diaryl/α,β-unsaturated/α-hetero) is 1. The van der Waals surface area contributed by atoms with Crippen molar-refractivity contribution in [2.24, 2.45) is 5.92 Å². The van der Waals surface area contributed by atoms with E-state index in [0.29, 0.717) is 38.0 Å². The third-order valence-corrected chi connectivity index (χ3v) is 5.55. The van der Waals surface area contributed by atoms with E-state index in [1.165, 1.54) is 4.90 Å². The molecule has 0 saturated carbocycles. The highest BCUT2D eigenvalue weighted by atomic mass is 19.3. The number of ether oxygens (including phenoxy) is 2. The first kappa shape index (κ1) is 19.2. The van der Waals surface area contributed by atoms with Crippen molar-refractivity contribution in [3.63, 3.8) is 0 Å². The van der Waals surface area contributed by atoms with Gasteiger partial charge in [-0.3, -0.25) is 9.59 Å². The molecule has 1 aliphatic carbocycles.